The number of ether oxygens (including phenoxy) is 3. The number of guanidine groups is 1. The fourth-order valence-corrected chi connectivity index (χ4v) is 3.35. The van der Waals surface area contributed by atoms with Crippen molar-refractivity contribution in [2.75, 3.05) is 46.7 Å². The van der Waals surface area contributed by atoms with Gasteiger partial charge in [0.2, 0.25) is 6.79 Å². The van der Waals surface area contributed by atoms with Crippen LogP contribution in [-0.4, -0.2) is 57.5 Å². The number of hydrogen-bond acceptors (Lipinski definition) is 4. The molecule has 1 N–H and O–H groups in total. The molecule has 152 valence electrons. The van der Waals surface area contributed by atoms with Crippen LogP contribution in [0.5, 0.6) is 11.5 Å². The maximum Gasteiger partial charge on any atom is 0.231 e. The third-order valence-electron chi connectivity index (χ3n) is 5.03. The number of hydrogen-bond donors (Lipinski definition) is 1. The predicted molar refractivity (Wildman–Crippen MR) is 119 cm³/mol. The lowest BCUT2D eigenvalue weighted by molar-refractivity contribution is 0.174. The van der Waals surface area contributed by atoms with Crippen molar-refractivity contribution in [3.05, 3.63) is 23.8 Å². The maximum atomic E-state index is 5.52. The SMILES string of the molecule is CCNC(=NCC(C)(C)c1ccc2c(c1)OCO2)N(C)CC1CCOC1.I. The van der Waals surface area contributed by atoms with Crippen LogP contribution < -0.4 is 14.8 Å². The first-order valence-electron chi connectivity index (χ1n) is 9.47. The van der Waals surface area contributed by atoms with Crippen LogP contribution in [0.3, 0.4) is 0 Å². The second-order valence-corrected chi connectivity index (χ2v) is 7.73. The highest BCUT2D eigenvalue weighted by Crippen LogP contribution is 2.36. The van der Waals surface area contributed by atoms with E-state index in [1.165, 1.54) is 5.56 Å². The maximum absolute atomic E-state index is 5.52. The molecule has 0 aliphatic carbocycles. The molecule has 0 aromatic heterocycles. The molecule has 1 atom stereocenters. The molecular weight excluding hydrogens is 457 g/mol. The van der Waals surface area contributed by atoms with E-state index in [2.05, 4.69) is 50.2 Å². The average Bonchev–Trinajstić information content (AvgIpc) is 3.29. The number of halogens is 1. The monoisotopic (exact) mass is 489 g/mol. The lowest BCUT2D eigenvalue weighted by Gasteiger charge is -2.27. The number of benzene rings is 1. The van der Waals surface area contributed by atoms with Gasteiger partial charge in [0, 0.05) is 38.1 Å². The summed E-state index contributed by atoms with van der Waals surface area (Å²) in [6, 6.07) is 6.17. The van der Waals surface area contributed by atoms with Crippen LogP contribution in [0.2, 0.25) is 0 Å². The molecule has 0 bridgehead atoms. The van der Waals surface area contributed by atoms with E-state index in [4.69, 9.17) is 19.2 Å². The molecule has 0 amide bonds. The Hall–Kier alpha value is -1.22. The van der Waals surface area contributed by atoms with E-state index in [0.29, 0.717) is 19.3 Å². The van der Waals surface area contributed by atoms with Gasteiger partial charge in [-0.3, -0.25) is 4.99 Å². The van der Waals surface area contributed by atoms with Crippen LogP contribution in [0.1, 0.15) is 32.8 Å². The Bertz CT molecular complexity index is 645. The summed E-state index contributed by atoms with van der Waals surface area (Å²) in [5.74, 6) is 3.18. The number of fused-ring (bicyclic) bond motifs is 1. The summed E-state index contributed by atoms with van der Waals surface area (Å²) < 4.78 is 16.4. The van der Waals surface area contributed by atoms with Gasteiger partial charge >= 0.3 is 0 Å². The minimum atomic E-state index is -0.0983. The Morgan fingerprint density at radius 2 is 2.07 bits per heavy atom. The van der Waals surface area contributed by atoms with Crippen LogP contribution >= 0.6 is 24.0 Å². The molecule has 6 nitrogen and oxygen atoms in total. The smallest absolute Gasteiger partial charge is 0.231 e. The Balaban J connectivity index is 0.00000261. The van der Waals surface area contributed by atoms with Gasteiger partial charge in [-0.15, -0.1) is 24.0 Å². The Morgan fingerprint density at radius 1 is 1.30 bits per heavy atom. The third kappa shape index (κ3) is 5.63. The van der Waals surface area contributed by atoms with Gasteiger partial charge in [-0.25, -0.2) is 0 Å². The van der Waals surface area contributed by atoms with Crippen molar-refractivity contribution in [2.24, 2.45) is 10.9 Å². The molecule has 27 heavy (non-hydrogen) atoms. The van der Waals surface area contributed by atoms with E-state index in [-0.39, 0.29) is 29.4 Å². The van der Waals surface area contributed by atoms with Crippen molar-refractivity contribution >= 4 is 29.9 Å². The molecule has 0 saturated carbocycles. The molecule has 1 fully saturated rings. The molecule has 1 aromatic carbocycles. The van der Waals surface area contributed by atoms with E-state index >= 15 is 0 Å². The second-order valence-electron chi connectivity index (χ2n) is 7.73. The highest BCUT2D eigenvalue weighted by atomic mass is 127. The zero-order valence-corrected chi connectivity index (χ0v) is 19.1. The highest BCUT2D eigenvalue weighted by molar-refractivity contribution is 14.0. The Kier molecular flexibility index (Phi) is 8.03. The van der Waals surface area contributed by atoms with Gasteiger partial charge in [0.1, 0.15) is 0 Å². The van der Waals surface area contributed by atoms with E-state index in [1.54, 1.807) is 0 Å². The minimum Gasteiger partial charge on any atom is -0.454 e. The van der Waals surface area contributed by atoms with E-state index in [1.807, 2.05) is 6.07 Å². The van der Waals surface area contributed by atoms with Crippen molar-refractivity contribution in [3.8, 4) is 11.5 Å². The molecule has 3 rings (SSSR count). The van der Waals surface area contributed by atoms with Gasteiger partial charge in [0.25, 0.3) is 0 Å². The van der Waals surface area contributed by atoms with Gasteiger partial charge in [-0.1, -0.05) is 19.9 Å². The van der Waals surface area contributed by atoms with Crippen LogP contribution in [-0.2, 0) is 10.2 Å². The third-order valence-corrected chi connectivity index (χ3v) is 5.03. The van der Waals surface area contributed by atoms with Crippen molar-refractivity contribution in [1.29, 1.82) is 0 Å². The average molecular weight is 489 g/mol. The quantitative estimate of drug-likeness (QED) is 0.378. The second kappa shape index (κ2) is 9.82. The number of nitrogens with zero attached hydrogens (tertiary/aromatic N) is 2. The zero-order valence-electron chi connectivity index (χ0n) is 16.8. The predicted octanol–water partition coefficient (Wildman–Crippen LogP) is 3.24. The summed E-state index contributed by atoms with van der Waals surface area (Å²) in [4.78, 5) is 7.14. The molecular formula is C20H32IN3O3. The zero-order chi connectivity index (χ0) is 18.6. The summed E-state index contributed by atoms with van der Waals surface area (Å²) >= 11 is 0. The molecule has 1 saturated heterocycles. The molecule has 2 heterocycles. The lowest BCUT2D eigenvalue weighted by Crippen LogP contribution is -2.42. The van der Waals surface area contributed by atoms with Crippen LogP contribution in [0.15, 0.2) is 23.2 Å². The first kappa shape index (κ1) is 22.1. The summed E-state index contributed by atoms with van der Waals surface area (Å²) in [5, 5.41) is 3.41. The lowest BCUT2D eigenvalue weighted by atomic mass is 9.84. The normalized spacial score (nSPS) is 19.0. The topological polar surface area (TPSA) is 55.3 Å². The molecule has 0 spiro atoms. The van der Waals surface area contributed by atoms with Gasteiger partial charge in [0.05, 0.1) is 13.2 Å². The first-order chi connectivity index (χ1) is 12.5. The van der Waals surface area contributed by atoms with Gasteiger partial charge in [0.15, 0.2) is 17.5 Å². The fourth-order valence-electron chi connectivity index (χ4n) is 3.35. The molecule has 0 radical (unpaired) electrons. The molecule has 7 heteroatoms. The van der Waals surface area contributed by atoms with Crippen molar-refractivity contribution in [1.82, 2.24) is 10.2 Å². The van der Waals surface area contributed by atoms with Crippen LogP contribution in [0.4, 0.5) is 0 Å². The minimum absolute atomic E-state index is 0. The van der Waals surface area contributed by atoms with Crippen molar-refractivity contribution in [2.45, 2.75) is 32.6 Å². The van der Waals surface area contributed by atoms with Crippen molar-refractivity contribution < 1.29 is 14.2 Å². The van der Waals surface area contributed by atoms with Crippen LogP contribution in [0, 0.1) is 5.92 Å². The first-order valence-corrected chi connectivity index (χ1v) is 9.47. The van der Waals surface area contributed by atoms with Gasteiger partial charge < -0.3 is 24.4 Å². The number of nitrogens with one attached hydrogen (secondary N) is 1. The van der Waals surface area contributed by atoms with Gasteiger partial charge in [-0.05, 0) is 31.0 Å². The molecule has 1 aromatic rings. The van der Waals surface area contributed by atoms with E-state index in [0.717, 1.165) is 50.2 Å². The number of aliphatic imine (C=N–C) groups is 1. The molecule has 2 aliphatic rings. The van der Waals surface area contributed by atoms with E-state index in [9.17, 15) is 0 Å². The summed E-state index contributed by atoms with van der Waals surface area (Å²) in [6.07, 6.45) is 1.13. The summed E-state index contributed by atoms with van der Waals surface area (Å²) in [6.45, 7) is 11.1. The summed E-state index contributed by atoms with van der Waals surface area (Å²) in [7, 11) is 2.10. The standard InChI is InChI=1S/C20H31N3O3.HI/c1-5-21-19(23(4)11-15-8-9-24-12-15)22-13-20(2,3)16-6-7-17-18(10-16)26-14-25-17;/h6-7,10,15H,5,8-9,11-14H2,1-4H3,(H,21,22);1H. The Labute approximate surface area is 179 Å². The molecule has 2 aliphatic heterocycles. The highest BCUT2D eigenvalue weighted by Gasteiger charge is 2.25. The van der Waals surface area contributed by atoms with Gasteiger partial charge in [-0.2, -0.15) is 0 Å². The van der Waals surface area contributed by atoms with Crippen molar-refractivity contribution in [3.63, 3.8) is 0 Å². The number of rotatable bonds is 6. The van der Waals surface area contributed by atoms with E-state index < -0.39 is 0 Å². The Morgan fingerprint density at radius 3 is 2.78 bits per heavy atom. The fraction of sp³-hybridized carbons (Fsp3) is 0.650. The molecule has 1 unspecified atom stereocenters. The van der Waals surface area contributed by atoms with Crippen LogP contribution in [0.25, 0.3) is 0 Å². The largest absolute Gasteiger partial charge is 0.454 e. The summed E-state index contributed by atoms with van der Waals surface area (Å²) in [5.41, 5.74) is 1.10.